The van der Waals surface area contributed by atoms with Crippen LogP contribution in [0.15, 0.2) is 18.3 Å². The lowest BCUT2D eigenvalue weighted by molar-refractivity contribution is 0.199. The van der Waals surface area contributed by atoms with Crippen molar-refractivity contribution in [1.29, 1.82) is 0 Å². The summed E-state index contributed by atoms with van der Waals surface area (Å²) in [7, 11) is 0. The molecule has 1 aliphatic heterocycles. The highest BCUT2D eigenvalue weighted by Gasteiger charge is 2.20. The molecule has 0 bridgehead atoms. The van der Waals surface area contributed by atoms with Crippen LogP contribution in [0.1, 0.15) is 31.9 Å². The van der Waals surface area contributed by atoms with E-state index in [1.165, 1.54) is 6.42 Å². The molecule has 0 radical (unpaired) electrons. The number of hydrogen-bond acceptors (Lipinski definition) is 3. The molecular weight excluding hydrogens is 188 g/mol. The Morgan fingerprint density at radius 2 is 2.40 bits per heavy atom. The summed E-state index contributed by atoms with van der Waals surface area (Å²) in [5.41, 5.74) is 0.944. The van der Waals surface area contributed by atoms with Crippen molar-refractivity contribution in [2.24, 2.45) is 5.92 Å². The van der Waals surface area contributed by atoms with Crippen LogP contribution in [0.25, 0.3) is 0 Å². The summed E-state index contributed by atoms with van der Waals surface area (Å²) in [4.78, 5) is 6.64. The van der Waals surface area contributed by atoms with Crippen molar-refractivity contribution in [3.05, 3.63) is 23.9 Å². The minimum absolute atomic E-state index is 0.410. The largest absolute Gasteiger partial charge is 0.389 e. The van der Waals surface area contributed by atoms with Crippen LogP contribution in [-0.4, -0.2) is 23.2 Å². The van der Waals surface area contributed by atoms with Gasteiger partial charge in [-0.15, -0.1) is 0 Å². The third-order valence-electron chi connectivity index (χ3n) is 3.00. The van der Waals surface area contributed by atoms with Crippen LogP contribution in [0, 0.1) is 5.92 Å². The maximum atomic E-state index is 9.50. The van der Waals surface area contributed by atoms with E-state index in [0.717, 1.165) is 30.4 Å². The third-order valence-corrected chi connectivity index (χ3v) is 3.00. The van der Waals surface area contributed by atoms with Gasteiger partial charge >= 0.3 is 0 Å². The fraction of sp³-hybridized carbons (Fsp3) is 0.583. The van der Waals surface area contributed by atoms with Gasteiger partial charge in [0, 0.05) is 19.3 Å². The molecule has 0 aromatic carbocycles. The molecule has 1 aromatic rings. The molecule has 82 valence electrons. The zero-order chi connectivity index (χ0) is 10.8. The lowest BCUT2D eigenvalue weighted by Crippen LogP contribution is -2.20. The normalized spacial score (nSPS) is 23.1. The van der Waals surface area contributed by atoms with E-state index >= 15 is 0 Å². The zero-order valence-electron chi connectivity index (χ0n) is 9.35. The quantitative estimate of drug-likeness (QED) is 0.803. The first-order chi connectivity index (χ1) is 7.16. The van der Waals surface area contributed by atoms with Crippen LogP contribution < -0.4 is 4.90 Å². The topological polar surface area (TPSA) is 36.4 Å². The van der Waals surface area contributed by atoms with Gasteiger partial charge in [-0.1, -0.05) is 6.92 Å². The first-order valence-electron chi connectivity index (χ1n) is 5.56. The van der Waals surface area contributed by atoms with Crippen molar-refractivity contribution in [2.75, 3.05) is 18.0 Å². The van der Waals surface area contributed by atoms with E-state index in [0.29, 0.717) is 0 Å². The standard InChI is InChI=1S/C12H18N2O/c1-9-4-6-14(8-9)12-7-11(10(2)15)3-5-13-12/h3,5,7,9-10,15H,4,6,8H2,1-2H3. The van der Waals surface area contributed by atoms with Gasteiger partial charge in [0.05, 0.1) is 6.10 Å². The van der Waals surface area contributed by atoms with E-state index in [2.05, 4.69) is 16.8 Å². The van der Waals surface area contributed by atoms with Gasteiger partial charge in [-0.25, -0.2) is 4.98 Å². The second-order valence-electron chi connectivity index (χ2n) is 4.46. The molecule has 1 N–H and O–H groups in total. The van der Waals surface area contributed by atoms with Gasteiger partial charge in [-0.3, -0.25) is 0 Å². The van der Waals surface area contributed by atoms with Gasteiger partial charge in [-0.05, 0) is 37.0 Å². The Balaban J connectivity index is 2.18. The number of hydrogen-bond donors (Lipinski definition) is 1. The fourth-order valence-corrected chi connectivity index (χ4v) is 2.01. The second-order valence-corrected chi connectivity index (χ2v) is 4.46. The van der Waals surface area contributed by atoms with Crippen LogP contribution in [0.5, 0.6) is 0 Å². The predicted octanol–water partition coefficient (Wildman–Crippen LogP) is 1.98. The summed E-state index contributed by atoms with van der Waals surface area (Å²) in [6.45, 7) is 6.21. The first-order valence-corrected chi connectivity index (χ1v) is 5.56. The Labute approximate surface area is 90.8 Å². The molecule has 1 fully saturated rings. The van der Waals surface area contributed by atoms with Crippen molar-refractivity contribution in [3.63, 3.8) is 0 Å². The number of aliphatic hydroxyl groups is 1. The molecule has 2 atom stereocenters. The third kappa shape index (κ3) is 2.29. The summed E-state index contributed by atoms with van der Waals surface area (Å²) >= 11 is 0. The molecule has 3 nitrogen and oxygen atoms in total. The maximum Gasteiger partial charge on any atom is 0.128 e. The van der Waals surface area contributed by atoms with Crippen LogP contribution in [0.2, 0.25) is 0 Å². The Morgan fingerprint density at radius 1 is 1.60 bits per heavy atom. The summed E-state index contributed by atoms with van der Waals surface area (Å²) in [5, 5.41) is 9.50. The van der Waals surface area contributed by atoms with Gasteiger partial charge < -0.3 is 10.0 Å². The molecule has 0 aliphatic carbocycles. The zero-order valence-corrected chi connectivity index (χ0v) is 9.35. The fourth-order valence-electron chi connectivity index (χ4n) is 2.01. The molecule has 15 heavy (non-hydrogen) atoms. The molecule has 0 saturated carbocycles. The average molecular weight is 206 g/mol. The van der Waals surface area contributed by atoms with Gasteiger partial charge in [0.15, 0.2) is 0 Å². The number of aromatic nitrogens is 1. The molecule has 1 aliphatic rings. The highest BCUT2D eigenvalue weighted by atomic mass is 16.3. The minimum atomic E-state index is -0.410. The summed E-state index contributed by atoms with van der Waals surface area (Å²) < 4.78 is 0. The summed E-state index contributed by atoms with van der Waals surface area (Å²) in [6.07, 6.45) is 2.60. The second kappa shape index (κ2) is 4.19. The smallest absolute Gasteiger partial charge is 0.128 e. The first kappa shape index (κ1) is 10.4. The van der Waals surface area contributed by atoms with Crippen molar-refractivity contribution < 1.29 is 5.11 Å². The van der Waals surface area contributed by atoms with Gasteiger partial charge in [-0.2, -0.15) is 0 Å². The molecule has 2 unspecified atom stereocenters. The van der Waals surface area contributed by atoms with Crippen molar-refractivity contribution in [2.45, 2.75) is 26.4 Å². The molecule has 2 rings (SSSR count). The average Bonchev–Trinajstić information content (AvgIpc) is 2.65. The molecule has 0 amide bonds. The number of anilines is 1. The van der Waals surface area contributed by atoms with Crippen LogP contribution >= 0.6 is 0 Å². The molecule has 1 saturated heterocycles. The van der Waals surface area contributed by atoms with Crippen LogP contribution in [0.3, 0.4) is 0 Å². The van der Waals surface area contributed by atoms with Crippen molar-refractivity contribution >= 4 is 5.82 Å². The maximum absolute atomic E-state index is 9.50. The van der Waals surface area contributed by atoms with Crippen molar-refractivity contribution in [3.8, 4) is 0 Å². The molecular formula is C12H18N2O. The van der Waals surface area contributed by atoms with Crippen LogP contribution in [-0.2, 0) is 0 Å². The summed E-state index contributed by atoms with van der Waals surface area (Å²) in [5.74, 6) is 1.75. The van der Waals surface area contributed by atoms with Crippen LogP contribution in [0.4, 0.5) is 5.82 Å². The summed E-state index contributed by atoms with van der Waals surface area (Å²) in [6, 6.07) is 3.86. The molecule has 1 aromatic heterocycles. The molecule has 2 heterocycles. The van der Waals surface area contributed by atoms with E-state index < -0.39 is 6.10 Å². The Hall–Kier alpha value is -1.09. The highest BCUT2D eigenvalue weighted by molar-refractivity contribution is 5.42. The lowest BCUT2D eigenvalue weighted by atomic mass is 10.1. The Kier molecular flexibility index (Phi) is 2.91. The van der Waals surface area contributed by atoms with E-state index in [1.807, 2.05) is 12.1 Å². The Bertz CT molecular complexity index is 338. The van der Waals surface area contributed by atoms with Gasteiger partial charge in [0.25, 0.3) is 0 Å². The Morgan fingerprint density at radius 3 is 3.00 bits per heavy atom. The van der Waals surface area contributed by atoms with E-state index in [1.54, 1.807) is 13.1 Å². The van der Waals surface area contributed by atoms with Gasteiger partial charge in [0.1, 0.15) is 5.82 Å². The molecule has 0 spiro atoms. The van der Waals surface area contributed by atoms with Crippen molar-refractivity contribution in [1.82, 2.24) is 4.98 Å². The SMILES string of the molecule is CC1CCN(c2cc(C(C)O)ccn2)C1. The number of nitrogens with zero attached hydrogens (tertiary/aromatic N) is 2. The number of rotatable bonds is 2. The highest BCUT2D eigenvalue weighted by Crippen LogP contribution is 2.23. The lowest BCUT2D eigenvalue weighted by Gasteiger charge is -2.18. The number of aliphatic hydroxyl groups excluding tert-OH is 1. The van der Waals surface area contributed by atoms with E-state index in [-0.39, 0.29) is 0 Å². The van der Waals surface area contributed by atoms with E-state index in [9.17, 15) is 5.11 Å². The van der Waals surface area contributed by atoms with Gasteiger partial charge in [0.2, 0.25) is 0 Å². The predicted molar refractivity (Wildman–Crippen MR) is 60.9 cm³/mol. The monoisotopic (exact) mass is 206 g/mol. The minimum Gasteiger partial charge on any atom is -0.389 e. The number of pyridine rings is 1. The molecule has 3 heteroatoms. The van der Waals surface area contributed by atoms with E-state index in [4.69, 9.17) is 0 Å².